The van der Waals surface area contributed by atoms with E-state index in [1.165, 1.54) is 0 Å². The summed E-state index contributed by atoms with van der Waals surface area (Å²) in [7, 11) is 0. The molecule has 0 unspecified atom stereocenters. The van der Waals surface area contributed by atoms with Crippen molar-refractivity contribution in [1.82, 2.24) is 0 Å². The highest BCUT2D eigenvalue weighted by molar-refractivity contribution is 5.60. The number of phenols is 1. The Bertz CT molecular complexity index is 633. The third-order valence-corrected chi connectivity index (χ3v) is 2.22. The van der Waals surface area contributed by atoms with Gasteiger partial charge in [0, 0.05) is 11.6 Å². The van der Waals surface area contributed by atoms with Crippen molar-refractivity contribution in [2.75, 3.05) is 0 Å². The lowest BCUT2D eigenvalue weighted by atomic mass is 10.1. The maximum absolute atomic E-state index is 9.13. The van der Waals surface area contributed by atoms with Crippen molar-refractivity contribution in [2.24, 2.45) is 0 Å². The molecule has 0 fully saturated rings. The van der Waals surface area contributed by atoms with Crippen molar-refractivity contribution < 1.29 is 17.5 Å². The molecule has 0 amide bonds. The first-order valence-corrected chi connectivity index (χ1v) is 5.05. The molecule has 2 rings (SSSR count). The van der Waals surface area contributed by atoms with Gasteiger partial charge < -0.3 is 17.5 Å². The Hall–Kier alpha value is -2.49. The summed E-state index contributed by atoms with van der Waals surface area (Å²) in [4.78, 5) is 3.15. The molecule has 0 bridgehead atoms. The van der Waals surface area contributed by atoms with E-state index in [-0.39, 0.29) is 18.2 Å². The average molecular weight is 257 g/mol. The predicted molar refractivity (Wildman–Crippen MR) is 65.3 cm³/mol. The van der Waals surface area contributed by atoms with E-state index in [9.17, 15) is 0 Å². The standard InChI is InChI=1S/C14H8N2O.ClH/c15-16-14-4-2-1-3-12(14)8-5-11-6-9-13(17)10-7-11;/h1-4,6-7,9-10H;1H. The van der Waals surface area contributed by atoms with Crippen molar-refractivity contribution in [2.45, 2.75) is 0 Å². The normalized spacial score (nSPS) is 8.39. The van der Waals surface area contributed by atoms with Crippen molar-refractivity contribution >= 4 is 5.69 Å². The summed E-state index contributed by atoms with van der Waals surface area (Å²) in [6.45, 7) is 0. The highest BCUT2D eigenvalue weighted by Gasteiger charge is 2.08. The molecule has 0 aromatic heterocycles. The number of diazo groups is 1. The molecule has 18 heavy (non-hydrogen) atoms. The third-order valence-electron chi connectivity index (χ3n) is 2.22. The molecule has 0 aliphatic heterocycles. The van der Waals surface area contributed by atoms with Crippen LogP contribution in [0.15, 0.2) is 48.5 Å². The van der Waals surface area contributed by atoms with Gasteiger partial charge in [-0.3, -0.25) is 0 Å². The minimum atomic E-state index is 0. The molecule has 3 nitrogen and oxygen atoms in total. The van der Waals surface area contributed by atoms with Crippen molar-refractivity contribution in [3.05, 3.63) is 64.6 Å². The van der Waals surface area contributed by atoms with Crippen LogP contribution < -0.4 is 12.4 Å². The number of halogens is 1. The van der Waals surface area contributed by atoms with Gasteiger partial charge in [0.05, 0.1) is 0 Å². The van der Waals surface area contributed by atoms with Crippen molar-refractivity contribution in [1.29, 1.82) is 5.39 Å². The molecule has 1 N–H and O–H groups in total. The maximum Gasteiger partial charge on any atom is 0.400 e. The maximum atomic E-state index is 9.13. The van der Waals surface area contributed by atoms with Gasteiger partial charge in [-0.15, -0.1) is 0 Å². The summed E-state index contributed by atoms with van der Waals surface area (Å²) < 4.78 is 0. The first-order valence-electron chi connectivity index (χ1n) is 5.05. The largest absolute Gasteiger partial charge is 1.00 e. The number of nitrogens with zero attached hydrogens (tertiary/aromatic N) is 2. The Morgan fingerprint density at radius 2 is 1.61 bits per heavy atom. The molecule has 2 aromatic carbocycles. The Morgan fingerprint density at radius 3 is 2.28 bits per heavy atom. The van der Waals surface area contributed by atoms with E-state index in [1.807, 2.05) is 6.07 Å². The van der Waals surface area contributed by atoms with Gasteiger partial charge in [-0.05, 0) is 30.3 Å². The van der Waals surface area contributed by atoms with Crippen LogP contribution in [0.2, 0.25) is 0 Å². The Kier molecular flexibility index (Phi) is 4.75. The molecule has 0 aliphatic rings. The van der Waals surface area contributed by atoms with Gasteiger partial charge in [-0.1, -0.05) is 24.0 Å². The topological polar surface area (TPSA) is 48.4 Å². The second kappa shape index (κ2) is 6.30. The molecule has 0 radical (unpaired) electrons. The van der Waals surface area contributed by atoms with Crippen LogP contribution in [0.5, 0.6) is 5.75 Å². The molecule has 0 aliphatic carbocycles. The minimum Gasteiger partial charge on any atom is -1.00 e. The Morgan fingerprint density at radius 1 is 0.944 bits per heavy atom. The Labute approximate surface area is 111 Å². The van der Waals surface area contributed by atoms with Crippen LogP contribution in [-0.2, 0) is 0 Å². The molecule has 0 spiro atoms. The summed E-state index contributed by atoms with van der Waals surface area (Å²) in [6, 6.07) is 13.7. The lowest BCUT2D eigenvalue weighted by Crippen LogP contribution is -3.00. The van der Waals surface area contributed by atoms with E-state index in [0.29, 0.717) is 11.3 Å². The molecule has 0 saturated heterocycles. The van der Waals surface area contributed by atoms with Gasteiger partial charge in [-0.2, -0.15) is 0 Å². The fourth-order valence-electron chi connectivity index (χ4n) is 1.35. The number of hydrogen-bond donors (Lipinski definition) is 1. The van der Waals surface area contributed by atoms with Crippen molar-refractivity contribution in [3.8, 4) is 17.6 Å². The molecule has 0 atom stereocenters. The summed E-state index contributed by atoms with van der Waals surface area (Å²) in [6.07, 6.45) is 0. The van der Waals surface area contributed by atoms with Gasteiger partial charge >= 0.3 is 5.69 Å². The number of phenolic OH excluding ortho intramolecular Hbond substituents is 1. The zero-order chi connectivity index (χ0) is 12.1. The van der Waals surface area contributed by atoms with Gasteiger partial charge in [0.25, 0.3) is 0 Å². The second-order valence-corrected chi connectivity index (χ2v) is 3.41. The number of benzene rings is 2. The SMILES string of the molecule is N#[N+]c1ccccc1C#Cc1ccc(O)cc1.[Cl-]. The number of aromatic hydroxyl groups is 1. The lowest BCUT2D eigenvalue weighted by Gasteiger charge is -1.90. The van der Waals surface area contributed by atoms with E-state index in [2.05, 4.69) is 16.8 Å². The quantitative estimate of drug-likeness (QED) is 0.544. The Balaban J connectivity index is 0.00000162. The van der Waals surface area contributed by atoms with Crippen LogP contribution in [-0.4, -0.2) is 5.11 Å². The predicted octanol–water partition coefficient (Wildman–Crippen LogP) is 0.281. The summed E-state index contributed by atoms with van der Waals surface area (Å²) >= 11 is 0. The van der Waals surface area contributed by atoms with Crippen LogP contribution in [0.4, 0.5) is 5.69 Å². The van der Waals surface area contributed by atoms with Gasteiger partial charge in [0.15, 0.2) is 4.98 Å². The second-order valence-electron chi connectivity index (χ2n) is 3.41. The van der Waals surface area contributed by atoms with Crippen molar-refractivity contribution in [3.63, 3.8) is 0 Å². The highest BCUT2D eigenvalue weighted by Crippen LogP contribution is 2.17. The highest BCUT2D eigenvalue weighted by atomic mass is 35.5. The number of hydrogen-bond acceptors (Lipinski definition) is 2. The zero-order valence-electron chi connectivity index (χ0n) is 9.34. The summed E-state index contributed by atoms with van der Waals surface area (Å²) in [5, 5.41) is 17.9. The fraction of sp³-hybridized carbons (Fsp3) is 0. The van der Waals surface area contributed by atoms with E-state index in [4.69, 9.17) is 10.5 Å². The fourth-order valence-corrected chi connectivity index (χ4v) is 1.35. The first-order chi connectivity index (χ1) is 8.29. The molecular formula is C14H9ClN2O. The third kappa shape index (κ3) is 3.25. The van der Waals surface area contributed by atoms with Crippen LogP contribution >= 0.6 is 0 Å². The van der Waals surface area contributed by atoms with Gasteiger partial charge in [0.1, 0.15) is 11.3 Å². The van der Waals surface area contributed by atoms with E-state index < -0.39 is 0 Å². The zero-order valence-corrected chi connectivity index (χ0v) is 10.1. The van der Waals surface area contributed by atoms with E-state index in [1.54, 1.807) is 42.5 Å². The van der Waals surface area contributed by atoms with Crippen LogP contribution in [0.1, 0.15) is 11.1 Å². The molecule has 2 aromatic rings. The van der Waals surface area contributed by atoms with Gasteiger partial charge in [-0.25, -0.2) is 0 Å². The molecule has 88 valence electrons. The molecule has 4 heteroatoms. The minimum absolute atomic E-state index is 0. The molecule has 0 saturated carbocycles. The number of rotatable bonds is 0. The van der Waals surface area contributed by atoms with E-state index in [0.717, 1.165) is 5.56 Å². The summed E-state index contributed by atoms with van der Waals surface area (Å²) in [5.74, 6) is 6.05. The smallest absolute Gasteiger partial charge is 0.400 e. The molecule has 0 heterocycles. The van der Waals surface area contributed by atoms with Crippen LogP contribution in [0.3, 0.4) is 0 Å². The lowest BCUT2D eigenvalue weighted by molar-refractivity contribution is -0.00000460. The monoisotopic (exact) mass is 256 g/mol. The van der Waals surface area contributed by atoms with Crippen LogP contribution in [0, 0.1) is 17.2 Å². The average Bonchev–Trinajstić information content (AvgIpc) is 2.38. The van der Waals surface area contributed by atoms with E-state index >= 15 is 0 Å². The molecular weight excluding hydrogens is 248 g/mol. The van der Waals surface area contributed by atoms with Gasteiger partial charge in [0.2, 0.25) is 5.39 Å². The first kappa shape index (κ1) is 13.6. The van der Waals surface area contributed by atoms with Crippen LogP contribution in [0.25, 0.3) is 4.98 Å². The summed E-state index contributed by atoms with van der Waals surface area (Å²) in [5.41, 5.74) is 1.89.